The summed E-state index contributed by atoms with van der Waals surface area (Å²) in [6.07, 6.45) is 3.07. The largest absolute Gasteiger partial charge is 0.378 e. The zero-order valence-corrected chi connectivity index (χ0v) is 16.4. The highest BCUT2D eigenvalue weighted by Crippen LogP contribution is 2.31. The average Bonchev–Trinajstić information content (AvgIpc) is 2.69. The highest BCUT2D eigenvalue weighted by Gasteiger charge is 2.26. The van der Waals surface area contributed by atoms with Crippen LogP contribution in [0.4, 0.5) is 5.69 Å². The third-order valence-electron chi connectivity index (χ3n) is 4.34. The molecule has 130 valence electrons. The van der Waals surface area contributed by atoms with Crippen LogP contribution in [0.15, 0.2) is 40.5 Å². The lowest BCUT2D eigenvalue weighted by molar-refractivity contribution is 0.578. The topological polar surface area (TPSA) is 28.0 Å². The van der Waals surface area contributed by atoms with Crippen molar-refractivity contribution in [1.29, 1.82) is 0 Å². The molecule has 0 saturated carbocycles. The maximum Gasteiger partial charge on any atom is 0.0686 e. The molecule has 3 heteroatoms. The SMILES string of the molecule is CN(C)c1ccc(C2=CC(C(C)(C)C)=NN=C(C(C)(C)C)C2)cc1. The van der Waals surface area contributed by atoms with Crippen molar-refractivity contribution in [3.8, 4) is 0 Å². The van der Waals surface area contributed by atoms with E-state index in [1.54, 1.807) is 0 Å². The second kappa shape index (κ2) is 6.54. The van der Waals surface area contributed by atoms with Crippen molar-refractivity contribution in [2.75, 3.05) is 19.0 Å². The minimum atomic E-state index is -0.0222. The highest BCUT2D eigenvalue weighted by atomic mass is 15.2. The van der Waals surface area contributed by atoms with Gasteiger partial charge in [0.25, 0.3) is 0 Å². The van der Waals surface area contributed by atoms with Gasteiger partial charge in [-0.05, 0) is 29.3 Å². The molecular weight excluding hydrogens is 294 g/mol. The van der Waals surface area contributed by atoms with Crippen LogP contribution in [0.3, 0.4) is 0 Å². The molecule has 24 heavy (non-hydrogen) atoms. The van der Waals surface area contributed by atoms with Crippen LogP contribution in [0, 0.1) is 10.8 Å². The quantitative estimate of drug-likeness (QED) is 0.712. The molecule has 2 rings (SSSR count). The van der Waals surface area contributed by atoms with E-state index in [1.807, 2.05) is 0 Å². The molecule has 1 aliphatic heterocycles. The Balaban J connectivity index is 2.48. The zero-order chi connectivity index (χ0) is 18.1. The lowest BCUT2D eigenvalue weighted by atomic mass is 9.83. The summed E-state index contributed by atoms with van der Waals surface area (Å²) in [5.41, 5.74) is 5.91. The van der Waals surface area contributed by atoms with Crippen LogP contribution in [-0.4, -0.2) is 25.5 Å². The summed E-state index contributed by atoms with van der Waals surface area (Å²) in [6.45, 7) is 13.2. The Bertz CT molecular complexity index is 675. The maximum absolute atomic E-state index is 4.61. The van der Waals surface area contributed by atoms with Gasteiger partial charge in [0.05, 0.1) is 11.4 Å². The van der Waals surface area contributed by atoms with Gasteiger partial charge in [-0.25, -0.2) is 0 Å². The van der Waals surface area contributed by atoms with Crippen molar-refractivity contribution in [2.24, 2.45) is 21.0 Å². The van der Waals surface area contributed by atoms with Crippen molar-refractivity contribution >= 4 is 22.7 Å². The fourth-order valence-electron chi connectivity index (χ4n) is 2.52. The van der Waals surface area contributed by atoms with Gasteiger partial charge >= 0.3 is 0 Å². The van der Waals surface area contributed by atoms with E-state index in [1.165, 1.54) is 16.8 Å². The smallest absolute Gasteiger partial charge is 0.0686 e. The first-order valence-electron chi connectivity index (χ1n) is 8.62. The minimum absolute atomic E-state index is 0.0134. The molecule has 0 bridgehead atoms. The Hall–Kier alpha value is -1.90. The molecule has 0 N–H and O–H groups in total. The summed E-state index contributed by atoms with van der Waals surface area (Å²) in [5.74, 6) is 0. The first-order valence-corrected chi connectivity index (χ1v) is 8.62. The predicted octanol–water partition coefficient (Wildman–Crippen LogP) is 5.43. The normalized spacial score (nSPS) is 16.1. The molecule has 0 unspecified atom stereocenters. The Kier molecular flexibility index (Phi) is 5.03. The molecule has 1 aliphatic rings. The van der Waals surface area contributed by atoms with Gasteiger partial charge in [-0.2, -0.15) is 10.2 Å². The van der Waals surface area contributed by atoms with Crippen LogP contribution in [-0.2, 0) is 0 Å². The fraction of sp³-hybridized carbons (Fsp3) is 0.524. The number of rotatable bonds is 2. The lowest BCUT2D eigenvalue weighted by Gasteiger charge is -2.21. The van der Waals surface area contributed by atoms with Crippen LogP contribution in [0.2, 0.25) is 0 Å². The summed E-state index contributed by atoms with van der Waals surface area (Å²) < 4.78 is 0. The highest BCUT2D eigenvalue weighted by molar-refractivity contribution is 6.09. The standard InChI is InChI=1S/C21H31N3/c1-20(2,3)18-13-16(14-19(23-22-18)21(4,5)6)15-9-11-17(12-10-15)24(7)8/h9-13H,14H2,1-8H3. The zero-order valence-electron chi connectivity index (χ0n) is 16.4. The molecule has 0 saturated heterocycles. The predicted molar refractivity (Wildman–Crippen MR) is 107 cm³/mol. The molecule has 3 nitrogen and oxygen atoms in total. The Morgan fingerprint density at radius 3 is 1.88 bits per heavy atom. The molecule has 1 heterocycles. The Labute approximate surface area is 147 Å². The van der Waals surface area contributed by atoms with Crippen LogP contribution < -0.4 is 4.90 Å². The summed E-state index contributed by atoms with van der Waals surface area (Å²) in [4.78, 5) is 2.12. The Morgan fingerprint density at radius 2 is 1.42 bits per heavy atom. The molecule has 1 aromatic carbocycles. The van der Waals surface area contributed by atoms with E-state index in [0.717, 1.165) is 17.8 Å². The molecule has 1 aromatic rings. The average molecular weight is 326 g/mol. The van der Waals surface area contributed by atoms with Gasteiger partial charge in [-0.15, -0.1) is 0 Å². The molecule has 0 atom stereocenters. The lowest BCUT2D eigenvalue weighted by Crippen LogP contribution is -2.20. The first kappa shape index (κ1) is 18.4. The summed E-state index contributed by atoms with van der Waals surface area (Å²) in [7, 11) is 4.13. The molecule has 0 aliphatic carbocycles. The number of anilines is 1. The number of hydrogen-bond acceptors (Lipinski definition) is 3. The number of allylic oxidation sites excluding steroid dienone is 2. The van der Waals surface area contributed by atoms with Gasteiger partial charge in [0.1, 0.15) is 0 Å². The maximum atomic E-state index is 4.61. The summed E-state index contributed by atoms with van der Waals surface area (Å²) in [5, 5.41) is 9.19. The van der Waals surface area contributed by atoms with Crippen LogP contribution in [0.1, 0.15) is 53.5 Å². The van der Waals surface area contributed by atoms with Crippen LogP contribution in [0.25, 0.3) is 5.57 Å². The number of nitrogens with zero attached hydrogens (tertiary/aromatic N) is 3. The minimum Gasteiger partial charge on any atom is -0.378 e. The van der Waals surface area contributed by atoms with E-state index in [9.17, 15) is 0 Å². The van der Waals surface area contributed by atoms with Crippen molar-refractivity contribution in [2.45, 2.75) is 48.0 Å². The first-order chi connectivity index (χ1) is 11.0. The van der Waals surface area contributed by atoms with Gasteiger partial charge in [0.15, 0.2) is 0 Å². The van der Waals surface area contributed by atoms with Gasteiger partial charge < -0.3 is 4.90 Å². The van der Waals surface area contributed by atoms with Gasteiger partial charge in [0, 0.05) is 37.0 Å². The van der Waals surface area contributed by atoms with Gasteiger partial charge in [-0.1, -0.05) is 53.7 Å². The molecular formula is C21H31N3. The van der Waals surface area contributed by atoms with Crippen LogP contribution >= 0.6 is 0 Å². The van der Waals surface area contributed by atoms with E-state index in [-0.39, 0.29) is 10.8 Å². The van der Waals surface area contributed by atoms with Gasteiger partial charge in [-0.3, -0.25) is 0 Å². The van der Waals surface area contributed by atoms with E-state index >= 15 is 0 Å². The van der Waals surface area contributed by atoms with Crippen LogP contribution in [0.5, 0.6) is 0 Å². The van der Waals surface area contributed by atoms with Crippen molar-refractivity contribution in [3.63, 3.8) is 0 Å². The van der Waals surface area contributed by atoms with E-state index < -0.39 is 0 Å². The van der Waals surface area contributed by atoms with E-state index in [4.69, 9.17) is 0 Å². The molecule has 0 fully saturated rings. The van der Waals surface area contributed by atoms with E-state index in [2.05, 4.69) is 101 Å². The molecule has 0 aromatic heterocycles. The van der Waals surface area contributed by atoms with Crippen molar-refractivity contribution in [1.82, 2.24) is 0 Å². The summed E-state index contributed by atoms with van der Waals surface area (Å²) in [6, 6.07) is 8.74. The second-order valence-corrected chi connectivity index (χ2v) is 8.82. The van der Waals surface area contributed by atoms with E-state index in [0.29, 0.717) is 0 Å². The molecule has 0 spiro atoms. The third-order valence-corrected chi connectivity index (χ3v) is 4.34. The third kappa shape index (κ3) is 4.34. The monoisotopic (exact) mass is 325 g/mol. The van der Waals surface area contributed by atoms with Crippen molar-refractivity contribution < 1.29 is 0 Å². The fourth-order valence-corrected chi connectivity index (χ4v) is 2.52. The molecule has 0 radical (unpaired) electrons. The Morgan fingerprint density at radius 1 is 0.833 bits per heavy atom. The number of hydrogen-bond donors (Lipinski definition) is 0. The number of benzene rings is 1. The van der Waals surface area contributed by atoms with Crippen molar-refractivity contribution in [3.05, 3.63) is 35.9 Å². The second-order valence-electron chi connectivity index (χ2n) is 8.82. The summed E-state index contributed by atoms with van der Waals surface area (Å²) >= 11 is 0. The van der Waals surface area contributed by atoms with Gasteiger partial charge in [0.2, 0.25) is 0 Å². The molecule has 0 amide bonds.